The second-order valence-electron chi connectivity index (χ2n) is 9.52. The lowest BCUT2D eigenvalue weighted by atomic mass is 9.90. The van der Waals surface area contributed by atoms with E-state index in [-0.39, 0.29) is 12.5 Å². The summed E-state index contributed by atoms with van der Waals surface area (Å²) in [7, 11) is 1.57. The zero-order chi connectivity index (χ0) is 24.3. The molecule has 0 aliphatic carbocycles. The molecule has 4 amide bonds. The van der Waals surface area contributed by atoms with Gasteiger partial charge >= 0.3 is 6.03 Å². The Kier molecular flexibility index (Phi) is 6.91. The number of aryl methyl sites for hydroxylation is 2. The van der Waals surface area contributed by atoms with Crippen LogP contribution in [-0.2, 0) is 21.5 Å². The Morgan fingerprint density at radius 1 is 1.06 bits per heavy atom. The molecule has 180 valence electrons. The van der Waals surface area contributed by atoms with Crippen LogP contribution in [0.1, 0.15) is 42.9 Å². The van der Waals surface area contributed by atoms with E-state index >= 15 is 0 Å². The number of hydrogen-bond donors (Lipinski definition) is 1. The van der Waals surface area contributed by atoms with Crippen molar-refractivity contribution in [2.24, 2.45) is 5.92 Å². The van der Waals surface area contributed by atoms with E-state index in [1.165, 1.54) is 11.1 Å². The minimum Gasteiger partial charge on any atom is -0.497 e. The van der Waals surface area contributed by atoms with Crippen LogP contribution in [0, 0.1) is 12.8 Å². The summed E-state index contributed by atoms with van der Waals surface area (Å²) >= 11 is 0. The average Bonchev–Trinajstić information content (AvgIpc) is 3.07. The van der Waals surface area contributed by atoms with Gasteiger partial charge in [0.2, 0.25) is 5.91 Å². The van der Waals surface area contributed by atoms with Crippen LogP contribution in [0.2, 0.25) is 0 Å². The Hall–Kier alpha value is -3.35. The van der Waals surface area contributed by atoms with E-state index in [4.69, 9.17) is 4.74 Å². The Labute approximate surface area is 201 Å². The quantitative estimate of drug-likeness (QED) is 0.636. The molecule has 7 nitrogen and oxygen atoms in total. The van der Waals surface area contributed by atoms with Crippen molar-refractivity contribution in [1.29, 1.82) is 0 Å². The Balaban J connectivity index is 1.30. The van der Waals surface area contributed by atoms with Gasteiger partial charge in [-0.15, -0.1) is 0 Å². The molecular formula is C27H33N3O4. The predicted octanol–water partition coefficient (Wildman–Crippen LogP) is 3.64. The van der Waals surface area contributed by atoms with Gasteiger partial charge in [0.1, 0.15) is 17.8 Å². The van der Waals surface area contributed by atoms with Gasteiger partial charge in [0.25, 0.3) is 5.91 Å². The zero-order valence-corrected chi connectivity index (χ0v) is 20.2. The summed E-state index contributed by atoms with van der Waals surface area (Å²) in [5, 5.41) is 2.76. The molecule has 2 aromatic carbocycles. The molecule has 2 saturated heterocycles. The topological polar surface area (TPSA) is 79.0 Å². The maximum absolute atomic E-state index is 13.1. The number of urea groups is 1. The van der Waals surface area contributed by atoms with Gasteiger partial charge in [-0.3, -0.25) is 14.5 Å². The summed E-state index contributed by atoms with van der Waals surface area (Å²) in [6.45, 7) is 4.85. The molecule has 0 radical (unpaired) electrons. The maximum atomic E-state index is 13.1. The van der Waals surface area contributed by atoms with Crippen molar-refractivity contribution >= 4 is 17.8 Å². The standard InChI is InChI=1S/C27H33N3O4/c1-19-4-6-20(7-5-19)8-9-21-14-16-29(17-15-21)24(31)18-30-25(32)27(2,28-26(30)33)22-10-12-23(34-3)13-11-22/h4-7,10-13,21H,8-9,14-18H2,1-3H3,(H,28,33). The number of likely N-dealkylation sites (tertiary alicyclic amines) is 1. The molecule has 2 fully saturated rings. The number of methoxy groups -OCH3 is 1. The van der Waals surface area contributed by atoms with E-state index in [0.717, 1.165) is 30.6 Å². The fourth-order valence-electron chi connectivity index (χ4n) is 4.79. The molecule has 0 saturated carbocycles. The summed E-state index contributed by atoms with van der Waals surface area (Å²) in [6.07, 6.45) is 4.05. The molecule has 2 heterocycles. The molecule has 1 N–H and O–H groups in total. The van der Waals surface area contributed by atoms with Crippen molar-refractivity contribution in [3.05, 3.63) is 65.2 Å². The van der Waals surface area contributed by atoms with Crippen molar-refractivity contribution in [2.45, 2.75) is 45.1 Å². The summed E-state index contributed by atoms with van der Waals surface area (Å²) in [5.74, 6) is 0.655. The molecule has 2 aliphatic heterocycles. The third-order valence-corrected chi connectivity index (χ3v) is 7.16. The highest BCUT2D eigenvalue weighted by Crippen LogP contribution is 2.30. The lowest BCUT2D eigenvalue weighted by Crippen LogP contribution is -2.46. The van der Waals surface area contributed by atoms with Gasteiger partial charge in [-0.05, 0) is 68.7 Å². The first kappa shape index (κ1) is 23.8. The van der Waals surface area contributed by atoms with Crippen LogP contribution in [0.15, 0.2) is 48.5 Å². The third-order valence-electron chi connectivity index (χ3n) is 7.16. The third kappa shape index (κ3) is 4.93. The zero-order valence-electron chi connectivity index (χ0n) is 20.2. The van der Waals surface area contributed by atoms with E-state index < -0.39 is 17.5 Å². The highest BCUT2D eigenvalue weighted by molar-refractivity contribution is 6.09. The number of ether oxygens (including phenoxy) is 1. The predicted molar refractivity (Wildman–Crippen MR) is 129 cm³/mol. The minimum atomic E-state index is -1.20. The molecule has 4 rings (SSSR count). The van der Waals surface area contributed by atoms with Crippen LogP contribution in [0.25, 0.3) is 0 Å². The summed E-state index contributed by atoms with van der Waals surface area (Å²) in [4.78, 5) is 41.5. The van der Waals surface area contributed by atoms with E-state index in [1.807, 2.05) is 0 Å². The van der Waals surface area contributed by atoms with E-state index in [1.54, 1.807) is 43.2 Å². The maximum Gasteiger partial charge on any atom is 0.325 e. The van der Waals surface area contributed by atoms with Gasteiger partial charge in [-0.2, -0.15) is 0 Å². The smallest absolute Gasteiger partial charge is 0.325 e. The molecule has 7 heteroatoms. The highest BCUT2D eigenvalue weighted by Gasteiger charge is 2.49. The van der Waals surface area contributed by atoms with Gasteiger partial charge in [0.15, 0.2) is 0 Å². The second kappa shape index (κ2) is 9.87. The first-order chi connectivity index (χ1) is 16.3. The molecule has 1 atom stereocenters. The van der Waals surface area contributed by atoms with Crippen molar-refractivity contribution in [3.8, 4) is 5.75 Å². The molecule has 0 aromatic heterocycles. The molecular weight excluding hydrogens is 430 g/mol. The van der Waals surface area contributed by atoms with Crippen molar-refractivity contribution < 1.29 is 19.1 Å². The van der Waals surface area contributed by atoms with Crippen molar-refractivity contribution in [2.75, 3.05) is 26.7 Å². The number of amides is 4. The van der Waals surface area contributed by atoms with Crippen molar-refractivity contribution in [1.82, 2.24) is 15.1 Å². The number of piperidine rings is 1. The number of imide groups is 1. The van der Waals surface area contributed by atoms with Gasteiger partial charge < -0.3 is 15.0 Å². The van der Waals surface area contributed by atoms with Gasteiger partial charge in [0, 0.05) is 13.1 Å². The summed E-state index contributed by atoms with van der Waals surface area (Å²) in [5.41, 5.74) is 2.07. The first-order valence-corrected chi connectivity index (χ1v) is 11.9. The Bertz CT molecular complexity index is 1040. The number of benzene rings is 2. The van der Waals surface area contributed by atoms with Crippen LogP contribution in [0.4, 0.5) is 4.79 Å². The van der Waals surface area contributed by atoms with Gasteiger partial charge in [-0.1, -0.05) is 42.0 Å². The van der Waals surface area contributed by atoms with Gasteiger partial charge in [0.05, 0.1) is 7.11 Å². The highest BCUT2D eigenvalue weighted by atomic mass is 16.5. The molecule has 34 heavy (non-hydrogen) atoms. The number of nitrogens with one attached hydrogen (secondary N) is 1. The van der Waals surface area contributed by atoms with Crippen LogP contribution in [0.3, 0.4) is 0 Å². The molecule has 0 bridgehead atoms. The number of rotatable bonds is 7. The minimum absolute atomic E-state index is 0.181. The van der Waals surface area contributed by atoms with Crippen molar-refractivity contribution in [3.63, 3.8) is 0 Å². The van der Waals surface area contributed by atoms with Gasteiger partial charge in [-0.25, -0.2) is 4.79 Å². The SMILES string of the molecule is COc1ccc(C2(C)NC(=O)N(CC(=O)N3CCC(CCc4ccc(C)cc4)CC3)C2=O)cc1. The monoisotopic (exact) mass is 463 g/mol. The van der Waals surface area contributed by atoms with E-state index in [0.29, 0.717) is 30.3 Å². The van der Waals surface area contributed by atoms with Crippen LogP contribution >= 0.6 is 0 Å². The molecule has 0 spiro atoms. The number of carbonyl (C=O) groups is 3. The number of nitrogens with zero attached hydrogens (tertiary/aromatic N) is 2. The summed E-state index contributed by atoms with van der Waals surface area (Å²) < 4.78 is 5.17. The number of carbonyl (C=O) groups excluding carboxylic acids is 3. The largest absolute Gasteiger partial charge is 0.497 e. The van der Waals surface area contributed by atoms with E-state index in [9.17, 15) is 14.4 Å². The fraction of sp³-hybridized carbons (Fsp3) is 0.444. The lowest BCUT2D eigenvalue weighted by Gasteiger charge is -2.33. The Morgan fingerprint density at radius 3 is 2.32 bits per heavy atom. The normalized spacial score (nSPS) is 21.0. The van der Waals surface area contributed by atoms with E-state index in [2.05, 4.69) is 36.5 Å². The first-order valence-electron chi connectivity index (χ1n) is 11.9. The second-order valence-corrected chi connectivity index (χ2v) is 9.52. The van der Waals surface area contributed by atoms with Crippen LogP contribution < -0.4 is 10.1 Å². The van der Waals surface area contributed by atoms with Crippen LogP contribution in [-0.4, -0.2) is 54.4 Å². The fourth-order valence-corrected chi connectivity index (χ4v) is 4.79. The molecule has 1 unspecified atom stereocenters. The number of hydrogen-bond acceptors (Lipinski definition) is 4. The summed E-state index contributed by atoms with van der Waals surface area (Å²) in [6, 6.07) is 15.1. The Morgan fingerprint density at radius 2 is 1.71 bits per heavy atom. The molecule has 2 aromatic rings. The average molecular weight is 464 g/mol. The lowest BCUT2D eigenvalue weighted by molar-refractivity contribution is -0.139. The molecule has 2 aliphatic rings. The van der Waals surface area contributed by atoms with Crippen LogP contribution in [0.5, 0.6) is 5.75 Å².